The van der Waals surface area contributed by atoms with Crippen LogP contribution in [-0.4, -0.2) is 33.5 Å². The first kappa shape index (κ1) is 14.9. The number of rotatable bonds is 5. The Balaban J connectivity index is 1.71. The summed E-state index contributed by atoms with van der Waals surface area (Å²) in [4.78, 5) is 0. The maximum atomic E-state index is 4.42. The van der Waals surface area contributed by atoms with E-state index in [1.807, 2.05) is 72.9 Å². The van der Waals surface area contributed by atoms with Crippen LogP contribution in [0.1, 0.15) is 11.4 Å². The van der Waals surface area contributed by atoms with Crippen molar-refractivity contribution in [1.29, 1.82) is 0 Å². The zero-order valence-corrected chi connectivity index (χ0v) is 13.2. The molecule has 0 spiro atoms. The molecule has 6 heteroatoms. The zero-order valence-electron chi connectivity index (χ0n) is 13.2. The highest BCUT2D eigenvalue weighted by Gasteiger charge is 2.06. The van der Waals surface area contributed by atoms with Crippen molar-refractivity contribution in [3.63, 3.8) is 0 Å². The molecule has 0 N–H and O–H groups in total. The summed E-state index contributed by atoms with van der Waals surface area (Å²) in [6.45, 7) is 2.05. The van der Waals surface area contributed by atoms with Crippen LogP contribution < -0.4 is 5.01 Å². The van der Waals surface area contributed by atoms with Gasteiger partial charge in [-0.15, -0.1) is 5.10 Å². The van der Waals surface area contributed by atoms with E-state index in [1.54, 1.807) is 4.68 Å². The molecule has 2 aromatic carbocycles. The van der Waals surface area contributed by atoms with Crippen molar-refractivity contribution >= 4 is 11.9 Å². The van der Waals surface area contributed by atoms with Gasteiger partial charge in [0, 0.05) is 19.7 Å². The lowest BCUT2D eigenvalue weighted by Crippen LogP contribution is -2.10. The SMILES string of the molecule is Cc1ccc(-n2nnnc2CC=NN(C)c2ccccc2)cc1. The van der Waals surface area contributed by atoms with Crippen LogP contribution in [0.5, 0.6) is 0 Å². The van der Waals surface area contributed by atoms with Gasteiger partial charge in [-0.25, -0.2) is 0 Å². The van der Waals surface area contributed by atoms with Crippen LogP contribution in [-0.2, 0) is 6.42 Å². The molecule has 0 aliphatic heterocycles. The third kappa shape index (κ3) is 3.60. The maximum Gasteiger partial charge on any atom is 0.162 e. The van der Waals surface area contributed by atoms with Crippen LogP contribution >= 0.6 is 0 Å². The van der Waals surface area contributed by atoms with Crippen molar-refractivity contribution in [2.24, 2.45) is 5.10 Å². The van der Waals surface area contributed by atoms with Gasteiger partial charge in [0.15, 0.2) is 5.82 Å². The fourth-order valence-corrected chi connectivity index (χ4v) is 2.17. The number of tetrazole rings is 1. The Kier molecular flexibility index (Phi) is 4.42. The molecule has 1 heterocycles. The zero-order chi connectivity index (χ0) is 16.1. The van der Waals surface area contributed by atoms with E-state index in [2.05, 4.69) is 27.6 Å². The lowest BCUT2D eigenvalue weighted by Gasteiger charge is -2.12. The molecule has 3 aromatic rings. The standard InChI is InChI=1S/C17H18N6/c1-14-8-10-16(11-9-14)23-17(19-20-21-23)12-13-18-22(2)15-6-4-3-5-7-15/h3-11,13H,12H2,1-2H3. The van der Waals surface area contributed by atoms with Crippen LogP contribution in [0.15, 0.2) is 59.7 Å². The maximum absolute atomic E-state index is 4.42. The van der Waals surface area contributed by atoms with Crippen LogP contribution in [0.25, 0.3) is 5.69 Å². The van der Waals surface area contributed by atoms with Crippen molar-refractivity contribution in [1.82, 2.24) is 20.2 Å². The second kappa shape index (κ2) is 6.83. The van der Waals surface area contributed by atoms with Crippen LogP contribution in [0.3, 0.4) is 0 Å². The molecule has 0 amide bonds. The molecule has 6 nitrogen and oxygen atoms in total. The number of hydrogen-bond acceptors (Lipinski definition) is 5. The van der Waals surface area contributed by atoms with Gasteiger partial charge in [0.1, 0.15) is 0 Å². The predicted octanol–water partition coefficient (Wildman–Crippen LogP) is 2.64. The van der Waals surface area contributed by atoms with Crippen molar-refractivity contribution in [3.05, 3.63) is 66.0 Å². The number of hydrazone groups is 1. The minimum atomic E-state index is 0.554. The monoisotopic (exact) mass is 306 g/mol. The number of nitrogens with zero attached hydrogens (tertiary/aromatic N) is 6. The molecule has 0 fully saturated rings. The van der Waals surface area contributed by atoms with Gasteiger partial charge in [0.2, 0.25) is 0 Å². The van der Waals surface area contributed by atoms with Gasteiger partial charge in [-0.2, -0.15) is 9.78 Å². The minimum Gasteiger partial charge on any atom is -0.269 e. The molecular weight excluding hydrogens is 288 g/mol. The minimum absolute atomic E-state index is 0.554. The van der Waals surface area contributed by atoms with Gasteiger partial charge in [-0.3, -0.25) is 5.01 Å². The van der Waals surface area contributed by atoms with E-state index in [4.69, 9.17) is 0 Å². The highest BCUT2D eigenvalue weighted by Crippen LogP contribution is 2.11. The molecule has 0 aliphatic rings. The number of para-hydroxylation sites is 1. The molecular formula is C17H18N6. The summed E-state index contributed by atoms with van der Waals surface area (Å²) in [6, 6.07) is 18.1. The van der Waals surface area contributed by atoms with Crippen molar-refractivity contribution < 1.29 is 0 Å². The van der Waals surface area contributed by atoms with E-state index in [-0.39, 0.29) is 0 Å². The lowest BCUT2D eigenvalue weighted by molar-refractivity contribution is 0.775. The second-order valence-electron chi connectivity index (χ2n) is 5.20. The number of hydrogen-bond donors (Lipinski definition) is 0. The number of aromatic nitrogens is 4. The van der Waals surface area contributed by atoms with Crippen LogP contribution in [0.4, 0.5) is 5.69 Å². The molecule has 116 valence electrons. The van der Waals surface area contributed by atoms with Gasteiger partial charge in [-0.05, 0) is 41.6 Å². The summed E-state index contributed by atoms with van der Waals surface area (Å²) in [5.74, 6) is 0.749. The average molecular weight is 306 g/mol. The van der Waals surface area contributed by atoms with E-state index in [0.717, 1.165) is 17.2 Å². The van der Waals surface area contributed by atoms with E-state index in [0.29, 0.717) is 6.42 Å². The van der Waals surface area contributed by atoms with Crippen molar-refractivity contribution in [2.75, 3.05) is 12.1 Å². The van der Waals surface area contributed by atoms with Gasteiger partial charge in [0.25, 0.3) is 0 Å². The Morgan fingerprint density at radius 1 is 1.09 bits per heavy atom. The van der Waals surface area contributed by atoms with Crippen molar-refractivity contribution in [3.8, 4) is 5.69 Å². The second-order valence-corrected chi connectivity index (χ2v) is 5.20. The third-order valence-corrected chi connectivity index (χ3v) is 3.47. The third-order valence-electron chi connectivity index (χ3n) is 3.47. The highest BCUT2D eigenvalue weighted by molar-refractivity contribution is 5.62. The summed E-state index contributed by atoms with van der Waals surface area (Å²) >= 11 is 0. The Morgan fingerprint density at radius 3 is 2.57 bits per heavy atom. The number of aryl methyl sites for hydroxylation is 1. The molecule has 23 heavy (non-hydrogen) atoms. The number of anilines is 1. The van der Waals surface area contributed by atoms with Gasteiger partial charge in [0.05, 0.1) is 11.4 Å². The predicted molar refractivity (Wildman–Crippen MR) is 90.9 cm³/mol. The Hall–Kier alpha value is -3.02. The molecule has 1 aromatic heterocycles. The van der Waals surface area contributed by atoms with Gasteiger partial charge >= 0.3 is 0 Å². The summed E-state index contributed by atoms with van der Waals surface area (Å²) in [7, 11) is 1.91. The fourth-order valence-electron chi connectivity index (χ4n) is 2.17. The van der Waals surface area contributed by atoms with E-state index in [1.165, 1.54) is 5.56 Å². The smallest absolute Gasteiger partial charge is 0.162 e. The molecule has 0 saturated heterocycles. The Labute approximate surface area is 135 Å². The molecule has 0 atom stereocenters. The first-order chi connectivity index (χ1) is 11.2. The van der Waals surface area contributed by atoms with Crippen LogP contribution in [0, 0.1) is 6.92 Å². The Morgan fingerprint density at radius 2 is 1.83 bits per heavy atom. The summed E-state index contributed by atoms with van der Waals surface area (Å²) in [5, 5.41) is 18.1. The topological polar surface area (TPSA) is 59.2 Å². The van der Waals surface area contributed by atoms with Crippen LogP contribution in [0.2, 0.25) is 0 Å². The Bertz CT molecular complexity index is 776. The van der Waals surface area contributed by atoms with Crippen molar-refractivity contribution in [2.45, 2.75) is 13.3 Å². The molecule has 0 aliphatic carbocycles. The molecule has 0 bridgehead atoms. The normalized spacial score (nSPS) is 11.0. The summed E-state index contributed by atoms with van der Waals surface area (Å²) in [6.07, 6.45) is 2.36. The lowest BCUT2D eigenvalue weighted by atomic mass is 10.2. The first-order valence-electron chi connectivity index (χ1n) is 7.39. The molecule has 0 saturated carbocycles. The average Bonchev–Trinajstić information content (AvgIpc) is 3.05. The number of benzene rings is 2. The summed E-state index contributed by atoms with van der Waals surface area (Å²) < 4.78 is 1.73. The summed E-state index contributed by atoms with van der Waals surface area (Å²) in [5.41, 5.74) is 3.18. The van der Waals surface area contributed by atoms with E-state index < -0.39 is 0 Å². The van der Waals surface area contributed by atoms with Gasteiger partial charge < -0.3 is 0 Å². The van der Waals surface area contributed by atoms with E-state index >= 15 is 0 Å². The quantitative estimate of drug-likeness (QED) is 0.537. The fraction of sp³-hybridized carbons (Fsp3) is 0.176. The molecule has 0 unspecified atom stereocenters. The molecule has 0 radical (unpaired) electrons. The highest BCUT2D eigenvalue weighted by atomic mass is 15.5. The first-order valence-corrected chi connectivity index (χ1v) is 7.39. The van der Waals surface area contributed by atoms with E-state index in [9.17, 15) is 0 Å². The van der Waals surface area contributed by atoms with Gasteiger partial charge in [-0.1, -0.05) is 35.9 Å². The largest absolute Gasteiger partial charge is 0.269 e. The molecule has 3 rings (SSSR count).